The zero-order chi connectivity index (χ0) is 78.3. The molecule has 0 radical (unpaired) electrons. The van der Waals surface area contributed by atoms with Crippen molar-refractivity contribution in [2.24, 2.45) is 62.3 Å². The largest absolute Gasteiger partial charge is 0.508 e. The fourth-order valence-electron chi connectivity index (χ4n) is 10.8. The fraction of sp³-hybridized carbons (Fsp3) is 0.662. The second-order valence-electron chi connectivity index (χ2n) is 27.0. The van der Waals surface area contributed by atoms with Gasteiger partial charge in [-0.2, -0.15) is 0 Å². The fourth-order valence-corrected chi connectivity index (χ4v) is 10.8. The van der Waals surface area contributed by atoms with Crippen LogP contribution in [0.15, 0.2) is 34.3 Å². The van der Waals surface area contributed by atoms with E-state index in [0.717, 1.165) is 13.8 Å². The van der Waals surface area contributed by atoms with Gasteiger partial charge in [-0.3, -0.25) is 72.3 Å². The molecule has 38 nitrogen and oxygen atoms in total. The number of phenols is 1. The summed E-state index contributed by atoms with van der Waals surface area (Å²) in [6.07, 6.45) is -5.73. The highest BCUT2D eigenvalue weighted by Crippen LogP contribution is 2.21. The highest BCUT2D eigenvalue weighted by Gasteiger charge is 2.41. The third kappa shape index (κ3) is 31.8. The van der Waals surface area contributed by atoms with Gasteiger partial charge in [-0.1, -0.05) is 67.5 Å². The van der Waals surface area contributed by atoms with E-state index in [2.05, 4.69) is 63.2 Å². The van der Waals surface area contributed by atoms with Crippen LogP contribution >= 0.6 is 0 Å². The summed E-state index contributed by atoms with van der Waals surface area (Å²) in [4.78, 5) is 200. The first-order valence-electron chi connectivity index (χ1n) is 34.1. The molecule has 0 spiro atoms. The average molecular weight is 1460 g/mol. The first-order valence-corrected chi connectivity index (χ1v) is 34.1. The van der Waals surface area contributed by atoms with Crippen molar-refractivity contribution < 1.29 is 97.8 Å². The molecule has 578 valence electrons. The number of amides is 11. The quantitative estimate of drug-likeness (QED) is 0.0165. The van der Waals surface area contributed by atoms with Gasteiger partial charge in [0.25, 0.3) is 0 Å². The molecule has 1 aromatic carbocycles. The van der Waals surface area contributed by atoms with Crippen molar-refractivity contribution in [3.63, 3.8) is 0 Å². The third-order valence-electron chi connectivity index (χ3n) is 16.3. The van der Waals surface area contributed by atoms with Crippen molar-refractivity contribution in [3.8, 4) is 5.75 Å². The summed E-state index contributed by atoms with van der Waals surface area (Å²) in [6.45, 7) is 14.9. The van der Waals surface area contributed by atoms with Crippen molar-refractivity contribution in [1.82, 2.24) is 58.1 Å². The van der Waals surface area contributed by atoms with Crippen LogP contribution in [-0.4, -0.2) is 235 Å². The van der Waals surface area contributed by atoms with Crippen LogP contribution in [0.3, 0.4) is 0 Å². The van der Waals surface area contributed by atoms with Gasteiger partial charge in [-0.05, 0) is 119 Å². The Labute approximate surface area is 597 Å². The molecule has 1 saturated heterocycles. The van der Waals surface area contributed by atoms with Crippen LogP contribution in [0, 0.1) is 23.7 Å². The molecule has 1 aliphatic heterocycles. The molecule has 0 saturated carbocycles. The number of aliphatic hydroxyl groups is 2. The lowest BCUT2D eigenvalue weighted by Crippen LogP contribution is -2.63. The zero-order valence-corrected chi connectivity index (χ0v) is 59.9. The van der Waals surface area contributed by atoms with E-state index in [4.69, 9.17) is 28.7 Å². The number of carboxylic acids is 3. The number of aliphatic hydroxyl groups excluding tert-OH is 2. The Morgan fingerprint density at radius 1 is 0.485 bits per heavy atom. The highest BCUT2D eigenvalue weighted by molar-refractivity contribution is 6.00. The topological polar surface area (TPSA) is 639 Å². The van der Waals surface area contributed by atoms with Gasteiger partial charge < -0.3 is 117 Å². The van der Waals surface area contributed by atoms with Crippen LogP contribution in [0.25, 0.3) is 0 Å². The minimum absolute atomic E-state index is 0.00286. The number of carboxylic acid groups (broad SMARTS) is 3. The SMILES string of the molecule is CC(C)C[C@H](NC(=O)[C@H](CC(=O)O)NC(=O)[C@@H]1CCCN1C(=O)[C@@H](N)Cc1ccc(O)cc1)C(=O)N[C@@H](CCCN=C(N)N)C(=O)N[C@@H](CCCN=C(N)N)C(=O)N[C@H](C(=O)N[C@@H](CCC(=O)O)C(=O)N[C@@H](CC(C)C)C(=O)N[C@H](C(=O)N[C@H](C(=O)N[C@H](C(=O)O)[C@@H](C)O)C(C)C)[C@@H](C)O)C(C)C. The predicted octanol–water partition coefficient (Wildman–Crippen LogP) is -5.20. The van der Waals surface area contributed by atoms with Crippen LogP contribution in [-0.2, 0) is 73.5 Å². The van der Waals surface area contributed by atoms with Crippen LogP contribution < -0.4 is 81.8 Å². The van der Waals surface area contributed by atoms with Gasteiger partial charge in [0, 0.05) is 26.1 Å². The molecule has 0 unspecified atom stereocenters. The van der Waals surface area contributed by atoms with Gasteiger partial charge in [0.05, 0.1) is 24.7 Å². The van der Waals surface area contributed by atoms with Gasteiger partial charge in [0.2, 0.25) is 65.0 Å². The lowest BCUT2D eigenvalue weighted by atomic mass is 9.99. The van der Waals surface area contributed by atoms with Crippen LogP contribution in [0.1, 0.15) is 145 Å². The molecule has 2 rings (SSSR count). The number of carbonyl (C=O) groups is 14. The molecule has 1 heterocycles. The summed E-state index contributed by atoms with van der Waals surface area (Å²) in [7, 11) is 0. The molecular weight excluding hydrogens is 1350 g/mol. The average Bonchev–Trinajstić information content (AvgIpc) is 1.78. The maximum Gasteiger partial charge on any atom is 0.328 e. The lowest BCUT2D eigenvalue weighted by Gasteiger charge is -2.30. The van der Waals surface area contributed by atoms with Gasteiger partial charge in [-0.15, -0.1) is 0 Å². The van der Waals surface area contributed by atoms with E-state index in [1.54, 1.807) is 39.8 Å². The minimum atomic E-state index is -1.82. The molecule has 103 heavy (non-hydrogen) atoms. The number of hydrogen-bond acceptors (Lipinski definition) is 20. The van der Waals surface area contributed by atoms with Crippen molar-refractivity contribution in [1.29, 1.82) is 0 Å². The molecule has 26 N–H and O–H groups in total. The van der Waals surface area contributed by atoms with Gasteiger partial charge in [-0.25, -0.2) is 4.79 Å². The molecule has 1 fully saturated rings. The predicted molar refractivity (Wildman–Crippen MR) is 372 cm³/mol. The van der Waals surface area contributed by atoms with Crippen molar-refractivity contribution in [2.75, 3.05) is 19.6 Å². The van der Waals surface area contributed by atoms with Crippen LogP contribution in [0.4, 0.5) is 0 Å². The van der Waals surface area contributed by atoms with Crippen LogP contribution in [0.5, 0.6) is 5.75 Å². The normalized spacial score (nSPS) is 16.6. The Balaban J connectivity index is 2.53. The third-order valence-corrected chi connectivity index (χ3v) is 16.3. The number of guanidine groups is 2. The highest BCUT2D eigenvalue weighted by atomic mass is 16.4. The molecule has 11 amide bonds. The standard InChI is InChI=1S/C65H108N18O20/c1-30(2)26-42(77-56(95)44(29-47(89)90)78-58(97)45-16-13-25-83(45)62(101)38(66)28-36-17-19-37(86)20-18-36)55(94)74-39(14-11-23-71-64(67)68)52(91)73-40(15-12-24-72-65(69)70)54(93)79-48(32(5)6)59(98)75-41(21-22-46(87)88)53(92)76-43(27-31(3)4)57(96)81-50(34(9)84)61(100)80-49(33(7)8)60(99)82-51(35(10)85)63(102)103/h17-20,30-35,38-45,48-51,84-86H,11-16,21-29,66H2,1-10H3,(H,73,91)(H,74,94)(H,75,98)(H,76,92)(H,77,95)(H,78,97)(H,79,93)(H,80,100)(H,81,96)(H,82,99)(H,87,88)(H,89,90)(H,102,103)(H4,67,68,71)(H4,69,70,72)/t34-,35-,38+,39+,40+,41+,42+,43+,44+,45+,48+,49+,50+,51+/m1/s1. The maximum absolute atomic E-state index is 14.6. The summed E-state index contributed by atoms with van der Waals surface area (Å²) in [5.74, 6) is -18.4. The van der Waals surface area contributed by atoms with Gasteiger partial charge >= 0.3 is 17.9 Å². The van der Waals surface area contributed by atoms with E-state index in [1.165, 1.54) is 44.7 Å². The van der Waals surface area contributed by atoms with Gasteiger partial charge in [0.1, 0.15) is 66.2 Å². The minimum Gasteiger partial charge on any atom is -0.508 e. The molecule has 1 aliphatic rings. The van der Waals surface area contributed by atoms with E-state index in [0.29, 0.717) is 12.0 Å². The van der Waals surface area contributed by atoms with Crippen molar-refractivity contribution in [2.45, 2.75) is 231 Å². The summed E-state index contributed by atoms with van der Waals surface area (Å²) in [6, 6.07) is -12.7. The number of aromatic hydroxyl groups is 1. The number of nitrogens with one attached hydrogen (secondary N) is 10. The zero-order valence-electron chi connectivity index (χ0n) is 59.9. The Morgan fingerprint density at radius 3 is 1.29 bits per heavy atom. The maximum atomic E-state index is 14.6. The van der Waals surface area contributed by atoms with Gasteiger partial charge in [0.15, 0.2) is 18.0 Å². The molecule has 1 aromatic rings. The first kappa shape index (κ1) is 89.1. The molecular formula is C65H108N18O20. The van der Waals surface area contributed by atoms with E-state index in [9.17, 15) is 97.8 Å². The lowest BCUT2D eigenvalue weighted by molar-refractivity contribution is -0.145. The summed E-state index contributed by atoms with van der Waals surface area (Å²) in [5, 5.41) is 84.1. The van der Waals surface area contributed by atoms with E-state index in [1.807, 2.05) is 0 Å². The summed E-state index contributed by atoms with van der Waals surface area (Å²) in [5.41, 5.74) is 29.1. The number of aliphatic carboxylic acids is 3. The molecule has 0 aliphatic carbocycles. The van der Waals surface area contributed by atoms with Crippen molar-refractivity contribution >= 4 is 94.8 Å². The first-order chi connectivity index (χ1) is 48.0. The summed E-state index contributed by atoms with van der Waals surface area (Å²) < 4.78 is 0. The number of rotatable bonds is 45. The summed E-state index contributed by atoms with van der Waals surface area (Å²) >= 11 is 0. The Morgan fingerprint density at radius 2 is 0.864 bits per heavy atom. The number of hydrogen-bond donors (Lipinski definition) is 21. The monoisotopic (exact) mass is 1460 g/mol. The van der Waals surface area contributed by atoms with Crippen LogP contribution in [0.2, 0.25) is 0 Å². The number of likely N-dealkylation sites (tertiary alicyclic amines) is 1. The molecule has 0 aromatic heterocycles. The Kier molecular flexibility index (Phi) is 37.8. The number of nitrogens with zero attached hydrogens (tertiary/aromatic N) is 3. The van der Waals surface area contributed by atoms with E-state index in [-0.39, 0.29) is 101 Å². The van der Waals surface area contributed by atoms with E-state index < -0.39 is 199 Å². The number of benzene rings is 1. The number of carbonyl (C=O) groups excluding carboxylic acids is 11. The Hall–Kier alpha value is -9.98. The number of nitrogens with two attached hydrogens (primary N) is 5. The second kappa shape index (κ2) is 43.7. The Bertz CT molecular complexity index is 3140. The van der Waals surface area contributed by atoms with Crippen molar-refractivity contribution in [3.05, 3.63) is 29.8 Å². The molecule has 38 heteroatoms. The number of phenolic OH excluding ortho intramolecular Hbond substituents is 1. The number of aliphatic imine (C=N–C) groups is 2. The second-order valence-corrected chi connectivity index (χ2v) is 27.0. The van der Waals surface area contributed by atoms with E-state index >= 15 is 0 Å². The molecule has 14 atom stereocenters. The molecule has 0 bridgehead atoms. The smallest absolute Gasteiger partial charge is 0.328 e.